The second-order valence-electron chi connectivity index (χ2n) is 5.18. The van der Waals surface area contributed by atoms with Crippen molar-refractivity contribution in [2.24, 2.45) is 11.7 Å². The van der Waals surface area contributed by atoms with Crippen LogP contribution in [0.5, 0.6) is 0 Å². The maximum absolute atomic E-state index is 11.4. The summed E-state index contributed by atoms with van der Waals surface area (Å²) < 4.78 is 0. The van der Waals surface area contributed by atoms with E-state index in [9.17, 15) is 4.79 Å². The molecule has 0 saturated carbocycles. The third-order valence-electron chi connectivity index (χ3n) is 3.60. The van der Waals surface area contributed by atoms with Gasteiger partial charge in [0.2, 0.25) is 5.91 Å². The Bertz CT molecular complexity index is 225. The molecule has 0 bridgehead atoms. The van der Waals surface area contributed by atoms with E-state index in [-0.39, 0.29) is 11.9 Å². The van der Waals surface area contributed by atoms with Crippen LogP contribution in [-0.2, 0) is 4.79 Å². The summed E-state index contributed by atoms with van der Waals surface area (Å²) in [5.74, 6) is 0.869. The third kappa shape index (κ3) is 5.50. The molecule has 1 rings (SSSR count). The van der Waals surface area contributed by atoms with Crippen LogP contribution in [0.25, 0.3) is 0 Å². The molecule has 1 atom stereocenters. The molecule has 4 heteroatoms. The topological polar surface area (TPSA) is 58.4 Å². The molecule has 1 amide bonds. The van der Waals surface area contributed by atoms with Crippen molar-refractivity contribution < 1.29 is 4.79 Å². The zero-order valence-electron chi connectivity index (χ0n) is 11.2. The van der Waals surface area contributed by atoms with Crippen LogP contribution in [0.4, 0.5) is 0 Å². The minimum Gasteiger partial charge on any atom is -0.355 e. The zero-order valence-corrected chi connectivity index (χ0v) is 11.2. The van der Waals surface area contributed by atoms with E-state index in [2.05, 4.69) is 17.1 Å². The Hall–Kier alpha value is -0.610. The molecule has 100 valence electrons. The standard InChI is InChI=1S/C13H27N3O/c1-3-12(14)13(17)15-7-4-8-16-9-5-11(2)6-10-16/h11-12H,3-10,14H2,1-2H3,(H,15,17). The molecule has 3 N–H and O–H groups in total. The van der Waals surface area contributed by atoms with Crippen LogP contribution < -0.4 is 11.1 Å². The van der Waals surface area contributed by atoms with Gasteiger partial charge in [-0.2, -0.15) is 0 Å². The fraction of sp³-hybridized carbons (Fsp3) is 0.923. The molecule has 1 saturated heterocycles. The number of carbonyl (C=O) groups is 1. The molecule has 0 spiro atoms. The molecule has 1 aliphatic rings. The Morgan fingerprint density at radius 3 is 2.71 bits per heavy atom. The summed E-state index contributed by atoms with van der Waals surface area (Å²) in [5.41, 5.74) is 5.63. The molecule has 0 aromatic carbocycles. The fourth-order valence-electron chi connectivity index (χ4n) is 2.12. The van der Waals surface area contributed by atoms with Crippen LogP contribution in [0.2, 0.25) is 0 Å². The van der Waals surface area contributed by atoms with E-state index in [0.29, 0.717) is 6.42 Å². The van der Waals surface area contributed by atoms with Gasteiger partial charge in [0.1, 0.15) is 0 Å². The number of carbonyl (C=O) groups excluding carboxylic acids is 1. The first kappa shape index (κ1) is 14.5. The molecule has 0 radical (unpaired) electrons. The van der Waals surface area contributed by atoms with Gasteiger partial charge in [0.15, 0.2) is 0 Å². The molecular formula is C13H27N3O. The maximum atomic E-state index is 11.4. The summed E-state index contributed by atoms with van der Waals surface area (Å²) in [7, 11) is 0. The number of rotatable bonds is 6. The summed E-state index contributed by atoms with van der Waals surface area (Å²) >= 11 is 0. The molecule has 1 fully saturated rings. The molecule has 0 aromatic heterocycles. The number of nitrogens with two attached hydrogens (primary N) is 1. The van der Waals surface area contributed by atoms with E-state index in [4.69, 9.17) is 5.73 Å². The highest BCUT2D eigenvalue weighted by atomic mass is 16.2. The van der Waals surface area contributed by atoms with Crippen LogP contribution in [0.15, 0.2) is 0 Å². The molecule has 1 heterocycles. The summed E-state index contributed by atoms with van der Waals surface area (Å²) in [6, 6.07) is -0.342. The van der Waals surface area contributed by atoms with E-state index in [1.165, 1.54) is 25.9 Å². The summed E-state index contributed by atoms with van der Waals surface area (Å²) in [5, 5.41) is 2.89. The van der Waals surface area contributed by atoms with Crippen molar-refractivity contribution in [3.05, 3.63) is 0 Å². The van der Waals surface area contributed by atoms with Gasteiger partial charge in [-0.05, 0) is 51.2 Å². The number of piperidine rings is 1. The Morgan fingerprint density at radius 2 is 2.12 bits per heavy atom. The third-order valence-corrected chi connectivity index (χ3v) is 3.60. The largest absolute Gasteiger partial charge is 0.355 e. The van der Waals surface area contributed by atoms with Gasteiger partial charge in [-0.1, -0.05) is 13.8 Å². The van der Waals surface area contributed by atoms with Gasteiger partial charge in [0.25, 0.3) is 0 Å². The SMILES string of the molecule is CCC(N)C(=O)NCCCN1CCC(C)CC1. The quantitative estimate of drug-likeness (QED) is 0.681. The number of hydrogen-bond acceptors (Lipinski definition) is 3. The highest BCUT2D eigenvalue weighted by Crippen LogP contribution is 2.15. The van der Waals surface area contributed by atoms with Crippen LogP contribution in [0.3, 0.4) is 0 Å². The summed E-state index contributed by atoms with van der Waals surface area (Å²) in [6.45, 7) is 8.52. The van der Waals surface area contributed by atoms with Crippen molar-refractivity contribution in [2.75, 3.05) is 26.2 Å². The monoisotopic (exact) mass is 241 g/mol. The number of amides is 1. The minimum absolute atomic E-state index is 0.0141. The van der Waals surface area contributed by atoms with Crippen molar-refractivity contribution in [3.8, 4) is 0 Å². The van der Waals surface area contributed by atoms with E-state index in [0.717, 1.165) is 25.4 Å². The van der Waals surface area contributed by atoms with E-state index < -0.39 is 0 Å². The maximum Gasteiger partial charge on any atom is 0.236 e. The molecule has 1 aliphatic heterocycles. The molecule has 0 aliphatic carbocycles. The number of nitrogens with zero attached hydrogens (tertiary/aromatic N) is 1. The first-order valence-corrected chi connectivity index (χ1v) is 6.89. The number of nitrogens with one attached hydrogen (secondary N) is 1. The highest BCUT2D eigenvalue weighted by molar-refractivity contribution is 5.81. The predicted molar refractivity (Wildman–Crippen MR) is 70.7 cm³/mol. The Labute approximate surface area is 105 Å². The van der Waals surface area contributed by atoms with Crippen molar-refractivity contribution in [1.82, 2.24) is 10.2 Å². The molecule has 1 unspecified atom stereocenters. The van der Waals surface area contributed by atoms with Gasteiger partial charge < -0.3 is 16.0 Å². The lowest BCUT2D eigenvalue weighted by Gasteiger charge is -2.30. The van der Waals surface area contributed by atoms with Crippen LogP contribution >= 0.6 is 0 Å². The molecule has 4 nitrogen and oxygen atoms in total. The van der Waals surface area contributed by atoms with Crippen molar-refractivity contribution in [1.29, 1.82) is 0 Å². The second kappa shape index (κ2) is 7.67. The van der Waals surface area contributed by atoms with E-state index in [1.54, 1.807) is 0 Å². The average molecular weight is 241 g/mol. The smallest absolute Gasteiger partial charge is 0.236 e. The summed E-state index contributed by atoms with van der Waals surface area (Å²) in [4.78, 5) is 13.9. The van der Waals surface area contributed by atoms with Gasteiger partial charge in [-0.3, -0.25) is 4.79 Å². The Kier molecular flexibility index (Phi) is 6.52. The van der Waals surface area contributed by atoms with Gasteiger partial charge in [-0.25, -0.2) is 0 Å². The first-order chi connectivity index (χ1) is 8.13. The van der Waals surface area contributed by atoms with E-state index >= 15 is 0 Å². The van der Waals surface area contributed by atoms with Crippen molar-refractivity contribution >= 4 is 5.91 Å². The summed E-state index contributed by atoms with van der Waals surface area (Å²) in [6.07, 6.45) is 4.35. The predicted octanol–water partition coefficient (Wildman–Crippen LogP) is 0.962. The number of likely N-dealkylation sites (tertiary alicyclic amines) is 1. The van der Waals surface area contributed by atoms with Gasteiger partial charge >= 0.3 is 0 Å². The van der Waals surface area contributed by atoms with Crippen LogP contribution in [-0.4, -0.2) is 43.0 Å². The average Bonchev–Trinajstić information content (AvgIpc) is 2.35. The van der Waals surface area contributed by atoms with Gasteiger partial charge in [0, 0.05) is 6.54 Å². The number of hydrogen-bond donors (Lipinski definition) is 2. The van der Waals surface area contributed by atoms with Gasteiger partial charge in [-0.15, -0.1) is 0 Å². The van der Waals surface area contributed by atoms with Crippen molar-refractivity contribution in [2.45, 2.75) is 45.6 Å². The molecular weight excluding hydrogens is 214 g/mol. The minimum atomic E-state index is -0.342. The van der Waals surface area contributed by atoms with Crippen molar-refractivity contribution in [3.63, 3.8) is 0 Å². The fourth-order valence-corrected chi connectivity index (χ4v) is 2.12. The Morgan fingerprint density at radius 1 is 1.47 bits per heavy atom. The molecule has 0 aromatic rings. The second-order valence-corrected chi connectivity index (χ2v) is 5.18. The first-order valence-electron chi connectivity index (χ1n) is 6.89. The van der Waals surface area contributed by atoms with Gasteiger partial charge in [0.05, 0.1) is 6.04 Å². The van der Waals surface area contributed by atoms with Crippen LogP contribution in [0, 0.1) is 5.92 Å². The van der Waals surface area contributed by atoms with Crippen LogP contribution in [0.1, 0.15) is 39.5 Å². The molecule has 17 heavy (non-hydrogen) atoms. The Balaban J connectivity index is 2.02. The highest BCUT2D eigenvalue weighted by Gasteiger charge is 2.15. The lowest BCUT2D eigenvalue weighted by Crippen LogP contribution is -2.41. The normalized spacial score (nSPS) is 20.2. The zero-order chi connectivity index (χ0) is 12.7. The van der Waals surface area contributed by atoms with E-state index in [1.807, 2.05) is 6.92 Å². The lowest BCUT2D eigenvalue weighted by atomic mass is 9.99. The lowest BCUT2D eigenvalue weighted by molar-refractivity contribution is -0.122.